The summed E-state index contributed by atoms with van der Waals surface area (Å²) in [6.07, 6.45) is 0. The predicted octanol–water partition coefficient (Wildman–Crippen LogP) is 3.35. The molecule has 0 aliphatic rings. The number of hydrogen-bond donors (Lipinski definition) is 2. The van der Waals surface area contributed by atoms with Gasteiger partial charge in [0.25, 0.3) is 0 Å². The number of benzene rings is 1. The summed E-state index contributed by atoms with van der Waals surface area (Å²) in [6.45, 7) is 7.21. The standard InChI is InChI=1S/C20H25N5O3/c1-10-18(12(3)25(6)23-10)15-7-14(8-16(21)20(15)22-5)19-11(2)24-28-17(19)9-27-13(4)26/h7-8,22H,9,21H2,1-6H3. The summed E-state index contributed by atoms with van der Waals surface area (Å²) >= 11 is 0. The summed E-state index contributed by atoms with van der Waals surface area (Å²) in [4.78, 5) is 11.2. The van der Waals surface area contributed by atoms with Crippen molar-refractivity contribution in [3.05, 3.63) is 35.0 Å². The van der Waals surface area contributed by atoms with Crippen LogP contribution in [0.3, 0.4) is 0 Å². The molecule has 0 fully saturated rings. The molecule has 8 nitrogen and oxygen atoms in total. The van der Waals surface area contributed by atoms with Crippen LogP contribution in [0.1, 0.15) is 29.8 Å². The first-order valence-electron chi connectivity index (χ1n) is 8.95. The lowest BCUT2D eigenvalue weighted by molar-refractivity contribution is -0.142. The van der Waals surface area contributed by atoms with Crippen molar-refractivity contribution < 1.29 is 14.1 Å². The van der Waals surface area contributed by atoms with Gasteiger partial charge in [0, 0.05) is 37.8 Å². The molecule has 2 aromatic heterocycles. The normalized spacial score (nSPS) is 10.9. The van der Waals surface area contributed by atoms with Crippen molar-refractivity contribution in [2.45, 2.75) is 34.3 Å². The van der Waals surface area contributed by atoms with E-state index in [1.54, 1.807) is 0 Å². The van der Waals surface area contributed by atoms with E-state index in [4.69, 9.17) is 15.0 Å². The molecule has 8 heteroatoms. The van der Waals surface area contributed by atoms with E-state index in [9.17, 15) is 4.79 Å². The van der Waals surface area contributed by atoms with Crippen molar-refractivity contribution in [3.8, 4) is 22.3 Å². The molecule has 1 aromatic carbocycles. The quantitative estimate of drug-likeness (QED) is 0.514. The topological polar surface area (TPSA) is 108 Å². The summed E-state index contributed by atoms with van der Waals surface area (Å²) in [5, 5.41) is 11.8. The number of anilines is 2. The average Bonchev–Trinajstić information content (AvgIpc) is 3.11. The maximum atomic E-state index is 11.2. The van der Waals surface area contributed by atoms with Gasteiger partial charge in [-0.3, -0.25) is 9.48 Å². The number of ether oxygens (including phenoxy) is 1. The monoisotopic (exact) mass is 383 g/mol. The molecule has 0 saturated heterocycles. The van der Waals surface area contributed by atoms with Crippen LogP contribution in [-0.4, -0.2) is 28.0 Å². The van der Waals surface area contributed by atoms with Gasteiger partial charge in [0.1, 0.15) is 0 Å². The fraction of sp³-hybridized carbons (Fsp3) is 0.350. The Balaban J connectivity index is 2.22. The lowest BCUT2D eigenvalue weighted by atomic mass is 9.94. The molecule has 0 unspecified atom stereocenters. The molecule has 28 heavy (non-hydrogen) atoms. The summed E-state index contributed by atoms with van der Waals surface area (Å²) in [6, 6.07) is 3.91. The van der Waals surface area contributed by atoms with Gasteiger partial charge in [0.05, 0.1) is 28.3 Å². The van der Waals surface area contributed by atoms with Gasteiger partial charge >= 0.3 is 5.97 Å². The molecule has 2 heterocycles. The van der Waals surface area contributed by atoms with Gasteiger partial charge in [0.2, 0.25) is 0 Å². The van der Waals surface area contributed by atoms with E-state index in [0.717, 1.165) is 39.3 Å². The van der Waals surface area contributed by atoms with E-state index in [0.29, 0.717) is 17.1 Å². The smallest absolute Gasteiger partial charge is 0.303 e. The van der Waals surface area contributed by atoms with E-state index in [1.165, 1.54) is 6.92 Å². The van der Waals surface area contributed by atoms with Crippen molar-refractivity contribution >= 4 is 17.3 Å². The highest BCUT2D eigenvalue weighted by atomic mass is 16.5. The van der Waals surface area contributed by atoms with Crippen LogP contribution in [0.15, 0.2) is 16.7 Å². The predicted molar refractivity (Wildman–Crippen MR) is 108 cm³/mol. The largest absolute Gasteiger partial charge is 0.458 e. The molecular formula is C20H25N5O3. The number of carbonyl (C=O) groups is 1. The molecular weight excluding hydrogens is 358 g/mol. The Morgan fingerprint density at radius 1 is 1.25 bits per heavy atom. The second-order valence-corrected chi connectivity index (χ2v) is 6.75. The first kappa shape index (κ1) is 19.5. The van der Waals surface area contributed by atoms with Gasteiger partial charge in [-0.05, 0) is 38.5 Å². The molecule has 3 rings (SSSR count). The zero-order valence-corrected chi connectivity index (χ0v) is 17.0. The Morgan fingerprint density at radius 3 is 2.54 bits per heavy atom. The van der Waals surface area contributed by atoms with Gasteiger partial charge in [-0.2, -0.15) is 5.10 Å². The number of nitrogen functional groups attached to an aromatic ring is 1. The molecule has 0 amide bonds. The van der Waals surface area contributed by atoms with E-state index >= 15 is 0 Å². The average molecular weight is 383 g/mol. The van der Waals surface area contributed by atoms with Crippen LogP contribution in [-0.2, 0) is 23.2 Å². The highest BCUT2D eigenvalue weighted by Crippen LogP contribution is 2.41. The molecule has 3 N–H and O–H groups in total. The molecule has 0 radical (unpaired) electrons. The molecule has 0 spiro atoms. The van der Waals surface area contributed by atoms with Crippen molar-refractivity contribution in [2.75, 3.05) is 18.1 Å². The van der Waals surface area contributed by atoms with E-state index in [2.05, 4.69) is 15.6 Å². The molecule has 148 valence electrons. The van der Waals surface area contributed by atoms with E-state index < -0.39 is 0 Å². The number of nitrogens with zero attached hydrogens (tertiary/aromatic N) is 3. The minimum atomic E-state index is -0.382. The Morgan fingerprint density at radius 2 is 1.96 bits per heavy atom. The fourth-order valence-corrected chi connectivity index (χ4v) is 3.50. The van der Waals surface area contributed by atoms with Crippen LogP contribution in [0.4, 0.5) is 11.4 Å². The Labute approximate surface area is 163 Å². The third-order valence-corrected chi connectivity index (χ3v) is 4.83. The molecule has 0 atom stereocenters. The van der Waals surface area contributed by atoms with Crippen molar-refractivity contribution in [2.24, 2.45) is 7.05 Å². The summed E-state index contributed by atoms with van der Waals surface area (Å²) in [7, 11) is 3.76. The second kappa shape index (κ2) is 7.38. The third kappa shape index (κ3) is 3.33. The Kier molecular flexibility index (Phi) is 5.13. The number of carbonyl (C=O) groups excluding carboxylic acids is 1. The van der Waals surface area contributed by atoms with Crippen LogP contribution in [0.25, 0.3) is 22.3 Å². The molecule has 0 bridgehead atoms. The number of aryl methyl sites for hydroxylation is 3. The molecule has 0 aliphatic heterocycles. The van der Waals surface area contributed by atoms with Gasteiger partial charge < -0.3 is 20.3 Å². The lowest BCUT2D eigenvalue weighted by Gasteiger charge is -2.15. The maximum Gasteiger partial charge on any atom is 0.303 e. The van der Waals surface area contributed by atoms with Crippen molar-refractivity contribution in [3.63, 3.8) is 0 Å². The number of hydrogen-bond acceptors (Lipinski definition) is 7. The summed E-state index contributed by atoms with van der Waals surface area (Å²) in [5.74, 6) is 0.0993. The summed E-state index contributed by atoms with van der Waals surface area (Å²) < 4.78 is 12.4. The minimum absolute atomic E-state index is 0.0134. The minimum Gasteiger partial charge on any atom is -0.458 e. The molecule has 0 saturated carbocycles. The van der Waals surface area contributed by atoms with Gasteiger partial charge in [-0.25, -0.2) is 0 Å². The van der Waals surface area contributed by atoms with Crippen LogP contribution in [0.2, 0.25) is 0 Å². The number of nitrogens with one attached hydrogen (secondary N) is 1. The second-order valence-electron chi connectivity index (χ2n) is 6.75. The summed E-state index contributed by atoms with van der Waals surface area (Å²) in [5.41, 5.74) is 14.0. The van der Waals surface area contributed by atoms with Crippen molar-refractivity contribution in [1.82, 2.24) is 14.9 Å². The van der Waals surface area contributed by atoms with Crippen LogP contribution < -0.4 is 11.1 Å². The SMILES string of the molecule is CNc1c(N)cc(-c2c(C)noc2COC(C)=O)cc1-c1c(C)nn(C)c1C. The number of nitrogens with two attached hydrogens (primary N) is 1. The van der Waals surface area contributed by atoms with Crippen LogP contribution >= 0.6 is 0 Å². The first-order valence-corrected chi connectivity index (χ1v) is 8.95. The van der Waals surface area contributed by atoms with Crippen molar-refractivity contribution in [1.29, 1.82) is 0 Å². The number of aromatic nitrogens is 3. The molecule has 3 aromatic rings. The van der Waals surface area contributed by atoms with Gasteiger partial charge in [0.15, 0.2) is 12.4 Å². The Bertz CT molecular complexity index is 1050. The third-order valence-electron chi connectivity index (χ3n) is 4.83. The number of esters is 1. The number of rotatable bonds is 5. The van der Waals surface area contributed by atoms with Crippen LogP contribution in [0.5, 0.6) is 0 Å². The van der Waals surface area contributed by atoms with Gasteiger partial charge in [-0.15, -0.1) is 0 Å². The lowest BCUT2D eigenvalue weighted by Crippen LogP contribution is -2.02. The maximum absolute atomic E-state index is 11.2. The highest BCUT2D eigenvalue weighted by molar-refractivity contribution is 5.92. The first-order chi connectivity index (χ1) is 13.2. The van der Waals surface area contributed by atoms with E-state index in [1.807, 2.05) is 51.7 Å². The van der Waals surface area contributed by atoms with E-state index in [-0.39, 0.29) is 12.6 Å². The van der Waals surface area contributed by atoms with Crippen LogP contribution in [0, 0.1) is 20.8 Å². The molecule has 0 aliphatic carbocycles. The van der Waals surface area contributed by atoms with Gasteiger partial charge in [-0.1, -0.05) is 5.16 Å². The Hall–Kier alpha value is -3.29. The zero-order chi connectivity index (χ0) is 20.6. The fourth-order valence-electron chi connectivity index (χ4n) is 3.50. The zero-order valence-electron chi connectivity index (χ0n) is 17.0. The highest BCUT2D eigenvalue weighted by Gasteiger charge is 2.22.